The highest BCUT2D eigenvalue weighted by Gasteiger charge is 2.22. The van der Waals surface area contributed by atoms with Crippen molar-refractivity contribution < 1.29 is 19.4 Å². The minimum Gasteiger partial charge on any atom is -0.483 e. The Bertz CT molecular complexity index is 219. The molecule has 0 spiro atoms. The van der Waals surface area contributed by atoms with E-state index in [1.54, 1.807) is 4.90 Å². The van der Waals surface area contributed by atoms with Crippen molar-refractivity contribution >= 4 is 12.6 Å². The molecule has 1 fully saturated rings. The quantitative estimate of drug-likeness (QED) is 0.595. The summed E-state index contributed by atoms with van der Waals surface area (Å²) in [5.41, 5.74) is -0.387. The van der Waals surface area contributed by atoms with Crippen LogP contribution in [-0.4, -0.2) is 54.4 Å². The SMILES string of the molecule is CC(C)(C)OC(=O)N1CCNCC1.O=CO. The van der Waals surface area contributed by atoms with Crippen LogP contribution in [0.2, 0.25) is 0 Å². The topological polar surface area (TPSA) is 78.9 Å². The second-order valence-electron chi connectivity index (χ2n) is 4.32. The summed E-state index contributed by atoms with van der Waals surface area (Å²) in [6.45, 7) is 8.61. The Kier molecular flexibility index (Phi) is 6.48. The maximum Gasteiger partial charge on any atom is 0.410 e. The van der Waals surface area contributed by atoms with E-state index in [-0.39, 0.29) is 18.2 Å². The summed E-state index contributed by atoms with van der Waals surface area (Å²) < 4.78 is 5.24. The number of nitrogens with zero attached hydrogens (tertiary/aromatic N) is 1. The molecule has 1 rings (SSSR count). The Labute approximate surface area is 95.6 Å². The van der Waals surface area contributed by atoms with Crippen molar-refractivity contribution in [1.82, 2.24) is 10.2 Å². The van der Waals surface area contributed by atoms with Crippen molar-refractivity contribution in [3.63, 3.8) is 0 Å². The first-order valence-electron chi connectivity index (χ1n) is 5.17. The minimum atomic E-state index is -0.387. The zero-order valence-corrected chi connectivity index (χ0v) is 10.0. The number of piperazine rings is 1. The molecule has 1 aliphatic heterocycles. The van der Waals surface area contributed by atoms with E-state index in [1.165, 1.54) is 0 Å². The summed E-state index contributed by atoms with van der Waals surface area (Å²) in [5.74, 6) is 0. The van der Waals surface area contributed by atoms with Gasteiger partial charge in [0.15, 0.2) is 0 Å². The van der Waals surface area contributed by atoms with Gasteiger partial charge in [-0.1, -0.05) is 0 Å². The Morgan fingerprint density at radius 2 is 1.81 bits per heavy atom. The summed E-state index contributed by atoms with van der Waals surface area (Å²) in [6.07, 6.45) is -0.200. The molecule has 1 heterocycles. The predicted octanol–water partition coefficient (Wildman–Crippen LogP) is 0.527. The third kappa shape index (κ3) is 7.05. The zero-order chi connectivity index (χ0) is 12.6. The highest BCUT2D eigenvalue weighted by atomic mass is 16.6. The lowest BCUT2D eigenvalue weighted by Crippen LogP contribution is -2.48. The highest BCUT2D eigenvalue weighted by molar-refractivity contribution is 5.68. The number of hydrogen-bond donors (Lipinski definition) is 2. The van der Waals surface area contributed by atoms with Gasteiger partial charge in [0.2, 0.25) is 0 Å². The van der Waals surface area contributed by atoms with E-state index in [0.29, 0.717) is 0 Å². The first-order chi connectivity index (χ1) is 7.40. The maximum absolute atomic E-state index is 11.5. The van der Waals surface area contributed by atoms with Gasteiger partial charge in [-0.15, -0.1) is 0 Å². The van der Waals surface area contributed by atoms with Gasteiger partial charge in [0.25, 0.3) is 6.47 Å². The molecule has 2 N–H and O–H groups in total. The van der Waals surface area contributed by atoms with Gasteiger partial charge < -0.3 is 20.1 Å². The fourth-order valence-corrected chi connectivity index (χ4v) is 1.17. The van der Waals surface area contributed by atoms with Crippen LogP contribution in [0.1, 0.15) is 20.8 Å². The lowest BCUT2D eigenvalue weighted by atomic mass is 10.2. The van der Waals surface area contributed by atoms with Crippen molar-refractivity contribution in [2.45, 2.75) is 26.4 Å². The number of nitrogens with one attached hydrogen (secondary N) is 1. The van der Waals surface area contributed by atoms with Crippen molar-refractivity contribution in [2.75, 3.05) is 26.2 Å². The summed E-state index contributed by atoms with van der Waals surface area (Å²) in [6, 6.07) is 0. The van der Waals surface area contributed by atoms with E-state index in [4.69, 9.17) is 14.6 Å². The van der Waals surface area contributed by atoms with Gasteiger partial charge in [-0.3, -0.25) is 4.79 Å². The molecule has 0 atom stereocenters. The highest BCUT2D eigenvalue weighted by Crippen LogP contribution is 2.09. The third-order valence-corrected chi connectivity index (χ3v) is 1.77. The van der Waals surface area contributed by atoms with Crippen LogP contribution in [0.25, 0.3) is 0 Å². The lowest BCUT2D eigenvalue weighted by molar-refractivity contribution is -0.122. The summed E-state index contributed by atoms with van der Waals surface area (Å²) in [4.78, 5) is 21.6. The van der Waals surface area contributed by atoms with Crippen LogP contribution in [0.4, 0.5) is 4.79 Å². The molecular weight excluding hydrogens is 212 g/mol. The van der Waals surface area contributed by atoms with Crippen molar-refractivity contribution in [1.29, 1.82) is 0 Å². The van der Waals surface area contributed by atoms with Crippen molar-refractivity contribution in [3.8, 4) is 0 Å². The van der Waals surface area contributed by atoms with E-state index in [0.717, 1.165) is 26.2 Å². The molecule has 0 bridgehead atoms. The normalized spacial score (nSPS) is 15.8. The summed E-state index contributed by atoms with van der Waals surface area (Å²) in [5, 5.41) is 10.1. The number of carbonyl (C=O) groups is 2. The molecule has 0 saturated carbocycles. The molecule has 6 heteroatoms. The van der Waals surface area contributed by atoms with Crippen LogP contribution >= 0.6 is 0 Å². The van der Waals surface area contributed by atoms with E-state index in [1.807, 2.05) is 20.8 Å². The first kappa shape index (κ1) is 14.7. The maximum atomic E-state index is 11.5. The second-order valence-corrected chi connectivity index (χ2v) is 4.32. The number of amides is 1. The summed E-state index contributed by atoms with van der Waals surface area (Å²) in [7, 11) is 0. The van der Waals surface area contributed by atoms with Crippen LogP contribution in [0.5, 0.6) is 0 Å². The Morgan fingerprint density at radius 1 is 1.38 bits per heavy atom. The standard InChI is InChI=1S/C9H18N2O2.CH2O2/c1-9(2,3)13-8(12)11-6-4-10-5-7-11;2-1-3/h10H,4-7H2,1-3H3;1H,(H,2,3). The van der Waals surface area contributed by atoms with Crippen LogP contribution in [0, 0.1) is 0 Å². The number of hydrogen-bond acceptors (Lipinski definition) is 4. The fourth-order valence-electron chi connectivity index (χ4n) is 1.17. The molecule has 0 unspecified atom stereocenters. The average molecular weight is 232 g/mol. The minimum absolute atomic E-state index is 0.200. The van der Waals surface area contributed by atoms with Gasteiger partial charge in [-0.2, -0.15) is 0 Å². The smallest absolute Gasteiger partial charge is 0.410 e. The van der Waals surface area contributed by atoms with Crippen molar-refractivity contribution in [3.05, 3.63) is 0 Å². The number of carbonyl (C=O) groups excluding carboxylic acids is 1. The number of rotatable bonds is 0. The third-order valence-electron chi connectivity index (χ3n) is 1.77. The Balaban J connectivity index is 0.000000673. The molecule has 94 valence electrons. The Hall–Kier alpha value is -1.30. The number of carboxylic acid groups (broad SMARTS) is 1. The van der Waals surface area contributed by atoms with Gasteiger partial charge in [0, 0.05) is 26.2 Å². The molecule has 1 saturated heterocycles. The van der Waals surface area contributed by atoms with Crippen LogP contribution < -0.4 is 5.32 Å². The molecule has 6 nitrogen and oxygen atoms in total. The molecule has 0 aromatic heterocycles. The van der Waals surface area contributed by atoms with E-state index in [2.05, 4.69) is 5.32 Å². The summed E-state index contributed by atoms with van der Waals surface area (Å²) >= 11 is 0. The molecule has 16 heavy (non-hydrogen) atoms. The van der Waals surface area contributed by atoms with E-state index >= 15 is 0 Å². The monoisotopic (exact) mass is 232 g/mol. The molecule has 1 amide bonds. The first-order valence-corrected chi connectivity index (χ1v) is 5.17. The zero-order valence-electron chi connectivity index (χ0n) is 10.0. The van der Waals surface area contributed by atoms with E-state index in [9.17, 15) is 4.79 Å². The van der Waals surface area contributed by atoms with Crippen LogP contribution in [0.15, 0.2) is 0 Å². The molecule has 0 aromatic rings. The lowest BCUT2D eigenvalue weighted by Gasteiger charge is -2.30. The van der Waals surface area contributed by atoms with E-state index < -0.39 is 0 Å². The van der Waals surface area contributed by atoms with Gasteiger partial charge in [0.05, 0.1) is 0 Å². The average Bonchev–Trinajstić information content (AvgIpc) is 2.18. The Morgan fingerprint density at radius 3 is 2.19 bits per heavy atom. The molecule has 0 radical (unpaired) electrons. The molecule has 0 aromatic carbocycles. The van der Waals surface area contributed by atoms with Crippen LogP contribution in [-0.2, 0) is 9.53 Å². The number of ether oxygens (including phenoxy) is 1. The molecular formula is C10H20N2O4. The fraction of sp³-hybridized carbons (Fsp3) is 0.800. The van der Waals surface area contributed by atoms with Gasteiger partial charge >= 0.3 is 6.09 Å². The predicted molar refractivity (Wildman–Crippen MR) is 59.4 cm³/mol. The van der Waals surface area contributed by atoms with Crippen molar-refractivity contribution in [2.24, 2.45) is 0 Å². The second kappa shape index (κ2) is 7.05. The van der Waals surface area contributed by atoms with Gasteiger partial charge in [0.1, 0.15) is 5.60 Å². The van der Waals surface area contributed by atoms with Gasteiger partial charge in [-0.25, -0.2) is 4.79 Å². The molecule has 0 aliphatic carbocycles. The van der Waals surface area contributed by atoms with Gasteiger partial charge in [-0.05, 0) is 20.8 Å². The van der Waals surface area contributed by atoms with Crippen LogP contribution in [0.3, 0.4) is 0 Å². The molecule has 1 aliphatic rings. The largest absolute Gasteiger partial charge is 0.483 e.